The van der Waals surface area contributed by atoms with Gasteiger partial charge in [-0.25, -0.2) is 0 Å². The van der Waals surface area contributed by atoms with Crippen molar-refractivity contribution in [2.24, 2.45) is 5.92 Å². The third-order valence-electron chi connectivity index (χ3n) is 6.44. The Morgan fingerprint density at radius 3 is 2.83 bits per heavy atom. The number of aliphatic hydroxyl groups excluding tert-OH is 2. The maximum Gasteiger partial charge on any atom is 0.197 e. The van der Waals surface area contributed by atoms with Gasteiger partial charge >= 0.3 is 0 Å². The molecular weight excluding hydrogens is 394 g/mol. The number of ether oxygens (including phenoxy) is 5. The van der Waals surface area contributed by atoms with Gasteiger partial charge in [-0.1, -0.05) is 13.0 Å². The molecule has 3 heterocycles. The van der Waals surface area contributed by atoms with Gasteiger partial charge in [0.15, 0.2) is 25.1 Å². The second-order valence-corrected chi connectivity index (χ2v) is 8.25. The van der Waals surface area contributed by atoms with E-state index in [1.807, 2.05) is 13.8 Å². The number of allylic oxidation sites excluding steroid dienone is 2. The van der Waals surface area contributed by atoms with Crippen LogP contribution in [0.15, 0.2) is 23.0 Å². The second-order valence-electron chi connectivity index (χ2n) is 8.25. The number of carbonyl (C=O) groups is 1. The van der Waals surface area contributed by atoms with E-state index in [4.69, 9.17) is 23.7 Å². The lowest BCUT2D eigenvalue weighted by atomic mass is 9.96. The molecule has 30 heavy (non-hydrogen) atoms. The van der Waals surface area contributed by atoms with Crippen LogP contribution in [0.1, 0.15) is 26.7 Å². The van der Waals surface area contributed by atoms with Gasteiger partial charge in [-0.15, -0.1) is 0 Å². The van der Waals surface area contributed by atoms with Gasteiger partial charge in [0.25, 0.3) is 0 Å². The molecule has 0 spiro atoms. The minimum Gasteiger partial charge on any atom is -0.507 e. The highest BCUT2D eigenvalue weighted by atomic mass is 16.7. The molecular formula is C21H31NO8. The van der Waals surface area contributed by atoms with E-state index in [0.717, 1.165) is 6.54 Å². The third-order valence-corrected chi connectivity index (χ3v) is 6.44. The fourth-order valence-corrected chi connectivity index (χ4v) is 5.07. The maximum absolute atomic E-state index is 11.2. The van der Waals surface area contributed by atoms with E-state index in [1.165, 1.54) is 0 Å². The topological polar surface area (TPSA) is 107 Å². The van der Waals surface area contributed by atoms with Gasteiger partial charge in [0, 0.05) is 50.6 Å². The molecule has 0 aromatic rings. The highest BCUT2D eigenvalue weighted by molar-refractivity contribution is 5.81. The molecule has 3 aliphatic heterocycles. The highest BCUT2D eigenvalue weighted by Crippen LogP contribution is 2.40. The molecule has 4 aliphatic rings. The van der Waals surface area contributed by atoms with Gasteiger partial charge in [-0.3, -0.25) is 9.69 Å². The Morgan fingerprint density at radius 2 is 2.17 bits per heavy atom. The zero-order valence-electron chi connectivity index (χ0n) is 17.6. The number of morpholine rings is 1. The summed E-state index contributed by atoms with van der Waals surface area (Å²) < 4.78 is 29.7. The average molecular weight is 425 g/mol. The van der Waals surface area contributed by atoms with Crippen molar-refractivity contribution < 1.29 is 38.7 Å². The quantitative estimate of drug-likeness (QED) is 0.575. The maximum atomic E-state index is 11.2. The zero-order chi connectivity index (χ0) is 21.4. The summed E-state index contributed by atoms with van der Waals surface area (Å²) >= 11 is 0. The van der Waals surface area contributed by atoms with E-state index in [1.54, 1.807) is 13.2 Å². The number of hydrogen-bond acceptors (Lipinski definition) is 9. The summed E-state index contributed by atoms with van der Waals surface area (Å²) in [7, 11) is 1.61. The standard InChI is InChI=1S/C21H31NO8/c1-11-8-13(10-24)18(25)17(11)15(4-6-23)29-16-9-14-19(12(2)28-16)30-20-21(26-3)27-7-5-22(14)20/h8,10-12,14-16,19-21,23,25H,4-7,9H2,1-3H3/t11-,12-,14-,15-,16-,19+,20+,21-/m0/s1. The highest BCUT2D eigenvalue weighted by Gasteiger charge is 2.53. The van der Waals surface area contributed by atoms with E-state index >= 15 is 0 Å². The molecule has 0 aromatic heterocycles. The summed E-state index contributed by atoms with van der Waals surface area (Å²) in [5.74, 6) is -0.213. The normalized spacial score (nSPS) is 40.1. The molecule has 0 saturated carbocycles. The first-order valence-corrected chi connectivity index (χ1v) is 10.6. The number of nitrogens with zero attached hydrogens (tertiary/aromatic N) is 1. The van der Waals surface area contributed by atoms with Crippen molar-refractivity contribution in [1.82, 2.24) is 4.90 Å². The van der Waals surface area contributed by atoms with Crippen LogP contribution in [0, 0.1) is 5.92 Å². The first-order chi connectivity index (χ1) is 14.5. The van der Waals surface area contributed by atoms with Crippen LogP contribution in [0.2, 0.25) is 0 Å². The van der Waals surface area contributed by atoms with Crippen LogP contribution < -0.4 is 0 Å². The Bertz CT molecular complexity index is 709. The first-order valence-electron chi connectivity index (χ1n) is 10.6. The van der Waals surface area contributed by atoms with E-state index in [-0.39, 0.29) is 48.3 Å². The Balaban J connectivity index is 1.50. The van der Waals surface area contributed by atoms with Crippen molar-refractivity contribution in [2.45, 2.75) is 69.9 Å². The van der Waals surface area contributed by atoms with Gasteiger partial charge in [0.05, 0.1) is 24.4 Å². The van der Waals surface area contributed by atoms with Gasteiger partial charge in [0.2, 0.25) is 0 Å². The van der Waals surface area contributed by atoms with E-state index in [0.29, 0.717) is 31.3 Å². The number of carbonyl (C=O) groups excluding carboxylic acids is 1. The van der Waals surface area contributed by atoms with Gasteiger partial charge in [-0.05, 0) is 6.92 Å². The lowest BCUT2D eigenvalue weighted by Gasteiger charge is -2.41. The molecule has 2 N–H and O–H groups in total. The van der Waals surface area contributed by atoms with E-state index in [2.05, 4.69) is 4.90 Å². The van der Waals surface area contributed by atoms with Crippen LogP contribution in [0.4, 0.5) is 0 Å². The fourth-order valence-electron chi connectivity index (χ4n) is 5.07. The van der Waals surface area contributed by atoms with Crippen molar-refractivity contribution in [3.05, 3.63) is 23.0 Å². The van der Waals surface area contributed by atoms with Crippen LogP contribution in [-0.4, -0.2) is 91.4 Å². The van der Waals surface area contributed by atoms with Crippen LogP contribution >= 0.6 is 0 Å². The average Bonchev–Trinajstić information content (AvgIpc) is 3.25. The minimum absolute atomic E-state index is 0.0573. The van der Waals surface area contributed by atoms with Gasteiger partial charge in [-0.2, -0.15) is 0 Å². The third kappa shape index (κ3) is 3.84. The molecule has 0 amide bonds. The zero-order valence-corrected chi connectivity index (χ0v) is 17.6. The predicted octanol–water partition coefficient (Wildman–Crippen LogP) is 0.874. The number of rotatable bonds is 7. The summed E-state index contributed by atoms with van der Waals surface area (Å²) in [5.41, 5.74) is 0.865. The van der Waals surface area contributed by atoms with Crippen LogP contribution in [0.3, 0.4) is 0 Å². The van der Waals surface area contributed by atoms with Crippen LogP contribution in [-0.2, 0) is 28.5 Å². The molecule has 0 bridgehead atoms. The number of aliphatic hydroxyl groups is 2. The molecule has 9 heteroatoms. The largest absolute Gasteiger partial charge is 0.507 e. The number of fused-ring (bicyclic) bond motifs is 3. The molecule has 0 aromatic carbocycles. The Labute approximate surface area is 176 Å². The molecule has 1 aliphatic carbocycles. The van der Waals surface area contributed by atoms with Crippen LogP contribution in [0.25, 0.3) is 0 Å². The first kappa shape index (κ1) is 21.9. The minimum atomic E-state index is -0.554. The number of aldehydes is 1. The Morgan fingerprint density at radius 1 is 1.37 bits per heavy atom. The fraction of sp³-hybridized carbons (Fsp3) is 0.762. The Hall–Kier alpha value is -1.33. The van der Waals surface area contributed by atoms with Gasteiger partial charge < -0.3 is 33.9 Å². The van der Waals surface area contributed by atoms with Crippen LogP contribution in [0.5, 0.6) is 0 Å². The monoisotopic (exact) mass is 425 g/mol. The number of hydrogen-bond donors (Lipinski definition) is 2. The molecule has 4 rings (SSSR count). The second kappa shape index (κ2) is 9.04. The SMILES string of the molecule is CO[C@H]1OCCN2[C@@H]1O[C@@H]1[C@H](C)O[C@@H](O[C@@H](CCO)C3=C(O)C(C=O)=C[C@@H]3C)C[C@@H]12. The van der Waals surface area contributed by atoms with Crippen molar-refractivity contribution in [1.29, 1.82) is 0 Å². The van der Waals surface area contributed by atoms with Crippen molar-refractivity contribution in [3.8, 4) is 0 Å². The summed E-state index contributed by atoms with van der Waals surface area (Å²) in [6, 6.07) is 0.0901. The Kier molecular flexibility index (Phi) is 6.59. The van der Waals surface area contributed by atoms with E-state index < -0.39 is 18.7 Å². The summed E-state index contributed by atoms with van der Waals surface area (Å²) in [4.78, 5) is 13.5. The van der Waals surface area contributed by atoms with Gasteiger partial charge in [0.1, 0.15) is 11.9 Å². The molecule has 8 atom stereocenters. The summed E-state index contributed by atoms with van der Waals surface area (Å²) in [5, 5.41) is 20.0. The van der Waals surface area contributed by atoms with Crippen molar-refractivity contribution in [2.75, 3.05) is 26.9 Å². The molecule has 0 unspecified atom stereocenters. The smallest absolute Gasteiger partial charge is 0.197 e. The van der Waals surface area contributed by atoms with E-state index in [9.17, 15) is 15.0 Å². The molecule has 168 valence electrons. The lowest BCUT2D eigenvalue weighted by Crippen LogP contribution is -2.55. The number of methoxy groups -OCH3 is 1. The predicted molar refractivity (Wildman–Crippen MR) is 104 cm³/mol. The summed E-state index contributed by atoms with van der Waals surface area (Å²) in [6.07, 6.45) is 1.10. The molecule has 9 nitrogen and oxygen atoms in total. The molecule has 3 saturated heterocycles. The lowest BCUT2D eigenvalue weighted by molar-refractivity contribution is -0.252. The van der Waals surface area contributed by atoms with Crippen molar-refractivity contribution in [3.63, 3.8) is 0 Å². The van der Waals surface area contributed by atoms with Crippen molar-refractivity contribution >= 4 is 6.29 Å². The molecule has 0 radical (unpaired) electrons. The summed E-state index contributed by atoms with van der Waals surface area (Å²) in [6.45, 7) is 5.04. The molecule has 3 fully saturated rings.